The number of fused-ring (bicyclic) bond motifs is 1. The van der Waals surface area contributed by atoms with Gasteiger partial charge in [0.05, 0.1) is 11.7 Å². The lowest BCUT2D eigenvalue weighted by Gasteiger charge is -2.55. The third kappa shape index (κ3) is 2.97. The molecule has 2 saturated carbocycles. The van der Waals surface area contributed by atoms with Gasteiger partial charge in [0.1, 0.15) is 0 Å². The van der Waals surface area contributed by atoms with Crippen LogP contribution in [0.15, 0.2) is 0 Å². The summed E-state index contributed by atoms with van der Waals surface area (Å²) in [5.41, 5.74) is -0.488. The highest BCUT2D eigenvalue weighted by Crippen LogP contribution is 2.45. The number of aliphatic hydroxyl groups excluding tert-OH is 1. The summed E-state index contributed by atoms with van der Waals surface area (Å²) in [6, 6.07) is 0. The quantitative estimate of drug-likeness (QED) is 0.823. The molecule has 0 radical (unpaired) electrons. The van der Waals surface area contributed by atoms with E-state index in [0.717, 1.165) is 38.8 Å². The van der Waals surface area contributed by atoms with Crippen LogP contribution in [0, 0.1) is 17.8 Å². The first kappa shape index (κ1) is 16.7. The maximum absolute atomic E-state index is 11.1. The number of likely N-dealkylation sites (tertiary alicyclic amines) is 1. The van der Waals surface area contributed by atoms with Crippen LogP contribution >= 0.6 is 0 Å². The van der Waals surface area contributed by atoms with Gasteiger partial charge in [-0.2, -0.15) is 0 Å². The maximum Gasteiger partial charge on any atom is 0.0802 e. The molecule has 128 valence electrons. The summed E-state index contributed by atoms with van der Waals surface area (Å²) in [6.07, 6.45) is 8.86. The lowest BCUT2D eigenvalue weighted by molar-refractivity contribution is -0.140. The molecule has 3 nitrogen and oxygen atoms in total. The molecule has 5 atom stereocenters. The monoisotopic (exact) mass is 309 g/mol. The molecule has 1 heterocycles. The van der Waals surface area contributed by atoms with Gasteiger partial charge in [0.15, 0.2) is 0 Å². The highest BCUT2D eigenvalue weighted by atomic mass is 16.3. The first-order valence-corrected chi connectivity index (χ1v) is 9.48. The average Bonchev–Trinajstić information content (AvgIpc) is 2.45. The van der Waals surface area contributed by atoms with Crippen molar-refractivity contribution < 1.29 is 10.2 Å². The normalized spacial score (nSPS) is 44.6. The topological polar surface area (TPSA) is 43.7 Å². The molecule has 0 aromatic rings. The molecule has 2 aliphatic carbocycles. The minimum atomic E-state index is -0.472. The van der Waals surface area contributed by atoms with E-state index in [2.05, 4.69) is 25.7 Å². The molecular formula is C19H35NO2. The highest BCUT2D eigenvalue weighted by Gasteiger charge is 2.49. The molecule has 0 bridgehead atoms. The van der Waals surface area contributed by atoms with E-state index >= 15 is 0 Å². The van der Waals surface area contributed by atoms with Gasteiger partial charge in [0.2, 0.25) is 0 Å². The lowest BCUT2D eigenvalue weighted by Crippen LogP contribution is -2.63. The van der Waals surface area contributed by atoms with Crippen LogP contribution in [0.1, 0.15) is 72.1 Å². The van der Waals surface area contributed by atoms with E-state index in [4.69, 9.17) is 0 Å². The lowest BCUT2D eigenvalue weighted by atomic mass is 9.67. The Morgan fingerprint density at radius 2 is 1.86 bits per heavy atom. The Morgan fingerprint density at radius 3 is 2.59 bits per heavy atom. The zero-order valence-electron chi connectivity index (χ0n) is 14.7. The molecule has 3 aliphatic rings. The highest BCUT2D eigenvalue weighted by molar-refractivity contribution is 5.03. The molecule has 0 aromatic heterocycles. The summed E-state index contributed by atoms with van der Waals surface area (Å²) >= 11 is 0. The zero-order chi connectivity index (χ0) is 16.0. The molecule has 1 aliphatic heterocycles. The van der Waals surface area contributed by atoms with Crippen molar-refractivity contribution in [3.63, 3.8) is 0 Å². The van der Waals surface area contributed by atoms with E-state index in [9.17, 15) is 10.2 Å². The van der Waals surface area contributed by atoms with Crippen LogP contribution in [0.2, 0.25) is 0 Å². The third-order valence-electron chi connectivity index (χ3n) is 7.19. The number of aliphatic hydroxyl groups is 2. The summed E-state index contributed by atoms with van der Waals surface area (Å²) in [5, 5.41) is 21.7. The smallest absolute Gasteiger partial charge is 0.0802 e. The molecule has 0 amide bonds. The molecule has 3 rings (SSSR count). The van der Waals surface area contributed by atoms with Crippen molar-refractivity contribution >= 4 is 0 Å². The van der Waals surface area contributed by atoms with E-state index in [1.54, 1.807) is 0 Å². The SMILES string of the molecule is C[C@@H]1CC[C@@H](C(C)(C)N2CC[C@@H]3CCCC[C@@]3(O)C2)[C@H](O)C1. The summed E-state index contributed by atoms with van der Waals surface area (Å²) in [4.78, 5) is 2.50. The fourth-order valence-electron chi connectivity index (χ4n) is 5.54. The van der Waals surface area contributed by atoms with E-state index in [0.29, 0.717) is 17.8 Å². The maximum atomic E-state index is 11.1. The molecular weight excluding hydrogens is 274 g/mol. The molecule has 22 heavy (non-hydrogen) atoms. The Morgan fingerprint density at radius 1 is 1.09 bits per heavy atom. The molecule has 2 N–H and O–H groups in total. The van der Waals surface area contributed by atoms with E-state index in [1.807, 2.05) is 0 Å². The number of piperidine rings is 1. The van der Waals surface area contributed by atoms with Crippen LogP contribution in [0.4, 0.5) is 0 Å². The van der Waals surface area contributed by atoms with Gasteiger partial charge < -0.3 is 10.2 Å². The third-order valence-corrected chi connectivity index (χ3v) is 7.19. The Bertz CT molecular complexity index is 397. The van der Waals surface area contributed by atoms with Gasteiger partial charge in [-0.1, -0.05) is 26.2 Å². The summed E-state index contributed by atoms with van der Waals surface area (Å²) in [5.74, 6) is 1.49. The first-order chi connectivity index (χ1) is 10.3. The van der Waals surface area contributed by atoms with E-state index in [-0.39, 0.29) is 11.6 Å². The minimum absolute atomic E-state index is 0.0162. The summed E-state index contributed by atoms with van der Waals surface area (Å²) in [7, 11) is 0. The number of β-amino-alcohol motifs (C(OH)–C–C–N with tert-alkyl or cyclic N) is 1. The van der Waals surface area contributed by atoms with Gasteiger partial charge in [0.25, 0.3) is 0 Å². The Labute approximate surface area is 136 Å². The Balaban J connectivity index is 1.72. The van der Waals surface area contributed by atoms with E-state index in [1.165, 1.54) is 25.7 Å². The van der Waals surface area contributed by atoms with Gasteiger partial charge in [-0.25, -0.2) is 0 Å². The van der Waals surface area contributed by atoms with Crippen LogP contribution in [0.25, 0.3) is 0 Å². The van der Waals surface area contributed by atoms with Crippen molar-refractivity contribution in [3.8, 4) is 0 Å². The fourth-order valence-corrected chi connectivity index (χ4v) is 5.54. The largest absolute Gasteiger partial charge is 0.393 e. The number of hydrogen-bond acceptors (Lipinski definition) is 3. The number of rotatable bonds is 2. The van der Waals surface area contributed by atoms with Gasteiger partial charge in [-0.3, -0.25) is 4.90 Å². The Kier molecular flexibility index (Phi) is 4.61. The standard InChI is InChI=1S/C19H35NO2/c1-14-7-8-16(17(21)12-14)18(2,3)20-11-9-15-6-4-5-10-19(15,22)13-20/h14-17,21-22H,4-13H2,1-3H3/t14-,15+,16-,17-,19-/m1/s1. The second-order valence-electron chi connectivity index (χ2n) is 9.00. The Hall–Kier alpha value is -0.120. The van der Waals surface area contributed by atoms with Crippen LogP contribution in [-0.4, -0.2) is 45.4 Å². The van der Waals surface area contributed by atoms with Crippen molar-refractivity contribution in [3.05, 3.63) is 0 Å². The van der Waals surface area contributed by atoms with Gasteiger partial charge in [-0.05, 0) is 64.3 Å². The summed E-state index contributed by atoms with van der Waals surface area (Å²) < 4.78 is 0. The average molecular weight is 309 g/mol. The second kappa shape index (κ2) is 6.07. The van der Waals surface area contributed by atoms with Crippen molar-refractivity contribution in [1.29, 1.82) is 0 Å². The van der Waals surface area contributed by atoms with Gasteiger partial charge in [-0.15, -0.1) is 0 Å². The number of nitrogens with zero attached hydrogens (tertiary/aromatic N) is 1. The fraction of sp³-hybridized carbons (Fsp3) is 1.00. The van der Waals surface area contributed by atoms with Crippen molar-refractivity contribution in [2.75, 3.05) is 13.1 Å². The molecule has 1 saturated heterocycles. The van der Waals surface area contributed by atoms with Gasteiger partial charge >= 0.3 is 0 Å². The minimum Gasteiger partial charge on any atom is -0.393 e. The van der Waals surface area contributed by atoms with Crippen LogP contribution < -0.4 is 0 Å². The predicted molar refractivity (Wildman–Crippen MR) is 89.7 cm³/mol. The molecule has 0 unspecified atom stereocenters. The second-order valence-corrected chi connectivity index (χ2v) is 9.00. The van der Waals surface area contributed by atoms with Crippen LogP contribution in [-0.2, 0) is 0 Å². The zero-order valence-corrected chi connectivity index (χ0v) is 14.7. The van der Waals surface area contributed by atoms with Crippen molar-refractivity contribution in [2.24, 2.45) is 17.8 Å². The molecule has 0 aromatic carbocycles. The predicted octanol–water partition coefficient (Wildman–Crippen LogP) is 3.19. The molecule has 3 heteroatoms. The van der Waals surface area contributed by atoms with Crippen molar-refractivity contribution in [2.45, 2.75) is 89.4 Å². The molecule has 3 fully saturated rings. The van der Waals surface area contributed by atoms with Crippen LogP contribution in [0.5, 0.6) is 0 Å². The summed E-state index contributed by atoms with van der Waals surface area (Å²) in [6.45, 7) is 8.73. The van der Waals surface area contributed by atoms with Crippen molar-refractivity contribution in [1.82, 2.24) is 4.90 Å². The van der Waals surface area contributed by atoms with Gasteiger partial charge in [0, 0.05) is 18.0 Å². The first-order valence-electron chi connectivity index (χ1n) is 9.48. The molecule has 0 spiro atoms. The van der Waals surface area contributed by atoms with Crippen LogP contribution in [0.3, 0.4) is 0 Å². The van der Waals surface area contributed by atoms with E-state index < -0.39 is 5.60 Å². The number of hydrogen-bond donors (Lipinski definition) is 2.